The number of hydrogen-bond acceptors (Lipinski definition) is 2. The van der Waals surface area contributed by atoms with Crippen LogP contribution in [-0.2, 0) is 4.74 Å². The van der Waals surface area contributed by atoms with Gasteiger partial charge in [0.05, 0.1) is 0 Å². The number of allylic oxidation sites excluding steroid dienone is 4. The topological polar surface area (TPSA) is 29.5 Å². The lowest BCUT2D eigenvalue weighted by Gasteiger charge is -2.03. The minimum absolute atomic E-state index is 0.240. The highest BCUT2D eigenvalue weighted by Gasteiger charge is 1.92. The van der Waals surface area contributed by atoms with Gasteiger partial charge in [-0.3, -0.25) is 0 Å². The predicted octanol–water partition coefficient (Wildman–Crippen LogP) is 6.20. The van der Waals surface area contributed by atoms with E-state index >= 15 is 0 Å². The monoisotopic (exact) mass is 324 g/mol. The van der Waals surface area contributed by atoms with Gasteiger partial charge in [-0.1, -0.05) is 69.8 Å². The SMILES string of the molecule is CCCCCC=CCC=CCCCCCCCCOCCCO. The van der Waals surface area contributed by atoms with Crippen LogP contribution in [0.4, 0.5) is 0 Å². The van der Waals surface area contributed by atoms with Crippen LogP contribution in [0.5, 0.6) is 0 Å². The van der Waals surface area contributed by atoms with E-state index in [1.807, 2.05) is 0 Å². The summed E-state index contributed by atoms with van der Waals surface area (Å²) in [5.41, 5.74) is 0. The lowest BCUT2D eigenvalue weighted by molar-refractivity contribution is 0.112. The Labute approximate surface area is 145 Å². The maximum atomic E-state index is 8.62. The van der Waals surface area contributed by atoms with Crippen molar-refractivity contribution >= 4 is 0 Å². The van der Waals surface area contributed by atoms with E-state index in [4.69, 9.17) is 9.84 Å². The highest BCUT2D eigenvalue weighted by molar-refractivity contribution is 4.92. The van der Waals surface area contributed by atoms with Gasteiger partial charge in [0.2, 0.25) is 0 Å². The Kier molecular flexibility index (Phi) is 20.8. The third-order valence-electron chi connectivity index (χ3n) is 3.94. The summed E-state index contributed by atoms with van der Waals surface area (Å²) in [6.07, 6.45) is 25.4. The van der Waals surface area contributed by atoms with Crippen molar-refractivity contribution in [3.05, 3.63) is 24.3 Å². The van der Waals surface area contributed by atoms with Crippen LogP contribution in [0.3, 0.4) is 0 Å². The largest absolute Gasteiger partial charge is 0.396 e. The molecule has 0 spiro atoms. The van der Waals surface area contributed by atoms with Crippen molar-refractivity contribution in [3.8, 4) is 0 Å². The van der Waals surface area contributed by atoms with Gasteiger partial charge in [0.1, 0.15) is 0 Å². The maximum Gasteiger partial charge on any atom is 0.0487 e. The second kappa shape index (κ2) is 21.4. The molecule has 0 radical (unpaired) electrons. The minimum atomic E-state index is 0.240. The lowest BCUT2D eigenvalue weighted by atomic mass is 10.1. The molecule has 0 aromatic carbocycles. The van der Waals surface area contributed by atoms with Crippen LogP contribution in [0.1, 0.15) is 90.4 Å². The summed E-state index contributed by atoms with van der Waals surface area (Å²) in [4.78, 5) is 0. The van der Waals surface area contributed by atoms with E-state index in [1.54, 1.807) is 0 Å². The Bertz CT molecular complexity index is 259. The number of aliphatic hydroxyl groups is 1. The Balaban J connectivity index is 3.10. The van der Waals surface area contributed by atoms with Crippen LogP contribution in [0.25, 0.3) is 0 Å². The molecule has 0 heterocycles. The summed E-state index contributed by atoms with van der Waals surface area (Å²) in [6.45, 7) is 4.05. The van der Waals surface area contributed by atoms with Gasteiger partial charge in [0.15, 0.2) is 0 Å². The Morgan fingerprint density at radius 3 is 1.87 bits per heavy atom. The third kappa shape index (κ3) is 21.4. The average Bonchev–Trinajstić information content (AvgIpc) is 2.57. The van der Waals surface area contributed by atoms with Crippen LogP contribution >= 0.6 is 0 Å². The molecule has 0 atom stereocenters. The van der Waals surface area contributed by atoms with Crippen molar-refractivity contribution in [2.45, 2.75) is 90.4 Å². The molecule has 0 saturated heterocycles. The van der Waals surface area contributed by atoms with E-state index in [1.165, 1.54) is 64.2 Å². The van der Waals surface area contributed by atoms with Gasteiger partial charge in [-0.25, -0.2) is 0 Å². The molecule has 0 aromatic rings. The Morgan fingerprint density at radius 1 is 0.652 bits per heavy atom. The van der Waals surface area contributed by atoms with Crippen molar-refractivity contribution in [1.82, 2.24) is 0 Å². The van der Waals surface area contributed by atoms with Gasteiger partial charge in [-0.2, -0.15) is 0 Å². The number of aliphatic hydroxyl groups excluding tert-OH is 1. The van der Waals surface area contributed by atoms with Crippen LogP contribution in [0.15, 0.2) is 24.3 Å². The molecular formula is C21H40O2. The molecule has 0 unspecified atom stereocenters. The molecule has 0 aliphatic carbocycles. The first-order valence-electron chi connectivity index (χ1n) is 9.90. The summed E-state index contributed by atoms with van der Waals surface area (Å²) in [6, 6.07) is 0. The van der Waals surface area contributed by atoms with Crippen LogP contribution < -0.4 is 0 Å². The molecule has 2 heteroatoms. The minimum Gasteiger partial charge on any atom is -0.396 e. The predicted molar refractivity (Wildman–Crippen MR) is 102 cm³/mol. The zero-order valence-electron chi connectivity index (χ0n) is 15.5. The summed E-state index contributed by atoms with van der Waals surface area (Å²) in [5, 5.41) is 8.62. The van der Waals surface area contributed by atoms with Crippen molar-refractivity contribution < 1.29 is 9.84 Å². The molecule has 0 amide bonds. The summed E-state index contributed by atoms with van der Waals surface area (Å²) in [5.74, 6) is 0. The van der Waals surface area contributed by atoms with Gasteiger partial charge in [0.25, 0.3) is 0 Å². The van der Waals surface area contributed by atoms with E-state index in [0.717, 1.165) is 25.9 Å². The van der Waals surface area contributed by atoms with E-state index < -0.39 is 0 Å². The molecule has 1 N–H and O–H groups in total. The molecule has 0 aliphatic rings. The lowest BCUT2D eigenvalue weighted by Crippen LogP contribution is -1.98. The fraction of sp³-hybridized carbons (Fsp3) is 0.810. The number of rotatable bonds is 18. The number of ether oxygens (including phenoxy) is 1. The zero-order valence-corrected chi connectivity index (χ0v) is 15.5. The second-order valence-electron chi connectivity index (χ2n) is 6.27. The molecule has 136 valence electrons. The summed E-state index contributed by atoms with van der Waals surface area (Å²) >= 11 is 0. The molecule has 0 aromatic heterocycles. The fourth-order valence-electron chi connectivity index (χ4n) is 2.46. The second-order valence-corrected chi connectivity index (χ2v) is 6.27. The quantitative estimate of drug-likeness (QED) is 0.240. The zero-order chi connectivity index (χ0) is 16.8. The van der Waals surface area contributed by atoms with Gasteiger partial charge in [0, 0.05) is 19.8 Å². The Morgan fingerprint density at radius 2 is 1.22 bits per heavy atom. The highest BCUT2D eigenvalue weighted by atomic mass is 16.5. The molecular weight excluding hydrogens is 284 g/mol. The number of hydrogen-bond donors (Lipinski definition) is 1. The molecule has 0 bridgehead atoms. The van der Waals surface area contributed by atoms with Crippen LogP contribution in [-0.4, -0.2) is 24.9 Å². The summed E-state index contributed by atoms with van der Waals surface area (Å²) in [7, 11) is 0. The molecule has 0 fully saturated rings. The van der Waals surface area contributed by atoms with Crippen molar-refractivity contribution in [1.29, 1.82) is 0 Å². The van der Waals surface area contributed by atoms with Gasteiger partial charge < -0.3 is 9.84 Å². The van der Waals surface area contributed by atoms with Gasteiger partial charge in [-0.05, 0) is 44.9 Å². The number of unbranched alkanes of at least 4 members (excludes halogenated alkanes) is 9. The Hall–Kier alpha value is -0.600. The van der Waals surface area contributed by atoms with Gasteiger partial charge in [-0.15, -0.1) is 0 Å². The third-order valence-corrected chi connectivity index (χ3v) is 3.94. The van der Waals surface area contributed by atoms with Crippen molar-refractivity contribution in [2.24, 2.45) is 0 Å². The fourth-order valence-corrected chi connectivity index (χ4v) is 2.46. The van der Waals surface area contributed by atoms with Crippen LogP contribution in [0.2, 0.25) is 0 Å². The van der Waals surface area contributed by atoms with E-state index in [-0.39, 0.29) is 6.61 Å². The summed E-state index contributed by atoms with van der Waals surface area (Å²) < 4.78 is 5.42. The van der Waals surface area contributed by atoms with E-state index in [2.05, 4.69) is 31.2 Å². The molecule has 2 nitrogen and oxygen atoms in total. The molecule has 0 rings (SSSR count). The van der Waals surface area contributed by atoms with Crippen molar-refractivity contribution in [2.75, 3.05) is 19.8 Å². The standard InChI is InChI=1S/C21H40O2/c1-2-3-4-5-6-7-8-9-10-11-12-13-14-15-16-17-20-23-21-18-19-22/h6-7,9-10,22H,2-5,8,11-21H2,1H3. The average molecular weight is 325 g/mol. The van der Waals surface area contributed by atoms with E-state index in [0.29, 0.717) is 6.61 Å². The normalized spacial score (nSPS) is 11.9. The molecule has 0 aliphatic heterocycles. The smallest absolute Gasteiger partial charge is 0.0487 e. The van der Waals surface area contributed by atoms with E-state index in [9.17, 15) is 0 Å². The van der Waals surface area contributed by atoms with Crippen molar-refractivity contribution in [3.63, 3.8) is 0 Å². The highest BCUT2D eigenvalue weighted by Crippen LogP contribution is 2.08. The molecule has 23 heavy (non-hydrogen) atoms. The van der Waals surface area contributed by atoms with Crippen LogP contribution in [0, 0.1) is 0 Å². The first-order valence-corrected chi connectivity index (χ1v) is 9.90. The first-order chi connectivity index (χ1) is 11.4. The molecule has 0 saturated carbocycles. The maximum absolute atomic E-state index is 8.62. The van der Waals surface area contributed by atoms with Gasteiger partial charge >= 0.3 is 0 Å². The first kappa shape index (κ1) is 22.4.